The van der Waals surface area contributed by atoms with Crippen LogP contribution in [0, 0.1) is 34.7 Å². The number of nitrogens with one attached hydrogen (secondary N) is 4. The quantitative estimate of drug-likeness (QED) is 0.114. The largest absolute Gasteiger partial charge is 0.451 e. The number of halogens is 4. The summed E-state index contributed by atoms with van der Waals surface area (Å²) in [4.78, 5) is 45.7. The van der Waals surface area contributed by atoms with Gasteiger partial charge in [-0.2, -0.15) is 17.8 Å². The normalized spacial score (nSPS) is 23.9. The molecule has 2 aliphatic heterocycles. The summed E-state index contributed by atoms with van der Waals surface area (Å²) in [5.74, 6) is -5.71. The Balaban J connectivity index is 1.05. The number of carbonyl (C=O) groups excluding carboxylic acids is 2. The molecule has 63 heavy (non-hydrogen) atoms. The number of piperidine rings is 1. The highest BCUT2D eigenvalue weighted by Gasteiger charge is 2.59. The van der Waals surface area contributed by atoms with Crippen LogP contribution >= 0.6 is 0 Å². The molecular formula is C43H47F4N9O6S. The first-order valence-electron chi connectivity index (χ1n) is 21.1. The molecule has 5 atom stereocenters. The third kappa shape index (κ3) is 7.48. The van der Waals surface area contributed by atoms with Crippen LogP contribution in [-0.2, 0) is 22.1 Å². The number of rotatable bonds is 10. The summed E-state index contributed by atoms with van der Waals surface area (Å²) in [6, 6.07) is 7.20. The number of ether oxygens (including phenoxy) is 1. The number of hydrogen-bond acceptors (Lipinski definition) is 9. The van der Waals surface area contributed by atoms with Crippen molar-refractivity contribution in [2.45, 2.75) is 69.9 Å². The van der Waals surface area contributed by atoms with Gasteiger partial charge in [0.25, 0.3) is 5.56 Å². The Morgan fingerprint density at radius 3 is 2.52 bits per heavy atom. The van der Waals surface area contributed by atoms with Gasteiger partial charge >= 0.3 is 16.2 Å². The molecule has 2 saturated heterocycles. The van der Waals surface area contributed by atoms with Crippen LogP contribution in [0.3, 0.4) is 0 Å². The van der Waals surface area contributed by atoms with Crippen molar-refractivity contribution < 1.29 is 40.3 Å². The van der Waals surface area contributed by atoms with Crippen LogP contribution in [0.2, 0.25) is 0 Å². The molecule has 4 N–H and O–H groups in total. The summed E-state index contributed by atoms with van der Waals surface area (Å²) in [5, 5.41) is 10.6. The predicted octanol–water partition coefficient (Wildman–Crippen LogP) is 6.47. The molecule has 334 valence electrons. The number of benzene rings is 3. The monoisotopic (exact) mass is 893 g/mol. The van der Waals surface area contributed by atoms with Gasteiger partial charge in [0.2, 0.25) is 11.7 Å². The van der Waals surface area contributed by atoms with E-state index in [1.54, 1.807) is 30.8 Å². The fourth-order valence-corrected chi connectivity index (χ4v) is 11.5. The van der Waals surface area contributed by atoms with Gasteiger partial charge < -0.3 is 15.0 Å². The summed E-state index contributed by atoms with van der Waals surface area (Å²) in [5.41, 5.74) is 0.320. The first kappa shape index (κ1) is 42.7. The minimum absolute atomic E-state index is 0.0380. The van der Waals surface area contributed by atoms with Crippen molar-refractivity contribution in [3.8, 4) is 11.5 Å². The van der Waals surface area contributed by atoms with E-state index in [-0.39, 0.29) is 54.2 Å². The van der Waals surface area contributed by atoms with Crippen LogP contribution in [0.15, 0.2) is 47.5 Å². The Labute approximate surface area is 359 Å². The summed E-state index contributed by atoms with van der Waals surface area (Å²) >= 11 is 0. The number of nitrogens with zero attached hydrogens (tertiary/aromatic N) is 5. The number of aryl methyl sites for hydroxylation is 1. The summed E-state index contributed by atoms with van der Waals surface area (Å²) in [6.07, 6.45) is 3.01. The molecule has 2 aromatic heterocycles. The summed E-state index contributed by atoms with van der Waals surface area (Å²) in [7, 11) is -1.23. The minimum atomic E-state index is -4.20. The maximum Gasteiger partial charge on any atom is 0.329 e. The fourth-order valence-electron chi connectivity index (χ4n) is 10.6. The van der Waals surface area contributed by atoms with Crippen LogP contribution < -0.4 is 30.6 Å². The number of anilines is 2. The van der Waals surface area contributed by atoms with E-state index in [1.165, 1.54) is 30.4 Å². The van der Waals surface area contributed by atoms with Crippen molar-refractivity contribution in [1.82, 2.24) is 34.7 Å². The van der Waals surface area contributed by atoms with E-state index in [1.807, 2.05) is 0 Å². The van der Waals surface area contributed by atoms with Crippen molar-refractivity contribution in [3.05, 3.63) is 81.7 Å². The van der Waals surface area contributed by atoms with Crippen LogP contribution in [0.1, 0.15) is 74.8 Å². The zero-order valence-corrected chi connectivity index (χ0v) is 35.6. The molecule has 0 radical (unpaired) electrons. The Bertz CT molecular complexity index is 2830. The number of aromatic nitrogens is 4. The van der Waals surface area contributed by atoms with Gasteiger partial charge in [-0.15, -0.1) is 0 Å². The molecule has 20 heteroatoms. The van der Waals surface area contributed by atoms with Crippen LogP contribution in [0.25, 0.3) is 21.8 Å². The summed E-state index contributed by atoms with van der Waals surface area (Å²) in [6.45, 7) is 3.20. The molecule has 5 aromatic rings. The molecular weight excluding hydrogens is 847 g/mol. The van der Waals surface area contributed by atoms with Crippen molar-refractivity contribution in [1.29, 1.82) is 0 Å². The van der Waals surface area contributed by atoms with Crippen LogP contribution in [0.4, 0.5) is 33.9 Å². The highest BCUT2D eigenvalue weighted by atomic mass is 32.2. The fraction of sp³-hybridized carbons (Fsp3) is 0.465. The highest BCUT2D eigenvalue weighted by Crippen LogP contribution is 2.67. The van der Waals surface area contributed by atoms with Gasteiger partial charge in [-0.25, -0.2) is 27.3 Å². The number of imide groups is 1. The number of H-pyrrole nitrogens is 1. The predicted molar refractivity (Wildman–Crippen MR) is 226 cm³/mol. The third-order valence-electron chi connectivity index (χ3n) is 13.9. The van der Waals surface area contributed by atoms with Crippen molar-refractivity contribution in [3.63, 3.8) is 0 Å². The molecule has 5 unspecified atom stereocenters. The number of aromatic amines is 1. The first-order valence-corrected chi connectivity index (χ1v) is 22.6. The molecule has 1 spiro atoms. The van der Waals surface area contributed by atoms with E-state index in [9.17, 15) is 22.8 Å². The molecule has 3 aromatic carbocycles. The highest BCUT2D eigenvalue weighted by molar-refractivity contribution is 7.90. The lowest BCUT2D eigenvalue weighted by Crippen LogP contribution is -2.56. The maximum absolute atomic E-state index is 17.2. The zero-order chi connectivity index (χ0) is 44.5. The van der Waals surface area contributed by atoms with Gasteiger partial charge in [0.1, 0.15) is 17.7 Å². The van der Waals surface area contributed by atoms with Crippen LogP contribution in [-0.4, -0.2) is 83.8 Å². The van der Waals surface area contributed by atoms with Crippen molar-refractivity contribution in [2.24, 2.45) is 24.3 Å². The van der Waals surface area contributed by atoms with Gasteiger partial charge in [0, 0.05) is 44.6 Å². The second-order valence-corrected chi connectivity index (χ2v) is 19.0. The minimum Gasteiger partial charge on any atom is -0.451 e. The van der Waals surface area contributed by atoms with Gasteiger partial charge in [-0.05, 0) is 123 Å². The van der Waals surface area contributed by atoms with Gasteiger partial charge in [0.05, 0.1) is 28.4 Å². The second-order valence-electron chi connectivity index (χ2n) is 17.2. The van der Waals surface area contributed by atoms with E-state index < -0.39 is 80.5 Å². The third-order valence-corrected chi connectivity index (χ3v) is 15.4. The first-order chi connectivity index (χ1) is 30.1. The lowest BCUT2D eigenvalue weighted by atomic mass is 9.44. The molecule has 4 fully saturated rings. The molecule has 9 rings (SSSR count). The number of fused-ring (bicyclic) bond motifs is 2. The van der Waals surface area contributed by atoms with Gasteiger partial charge in [-0.1, -0.05) is 6.92 Å². The zero-order valence-electron chi connectivity index (χ0n) is 34.8. The Morgan fingerprint density at radius 1 is 1.02 bits per heavy atom. The molecule has 0 bridgehead atoms. The SMILES string of the molecule is CCN(C)S(=O)(=O)Nc1ccc(F)c(Oc2cc3c(=O)[nH]cnc3cc2C2CC3(CCNCC3)C2C2CCC(c3cc4c(cc3F)c(N3CCC(=O)NC3=O)nn4C)CC2F)c1F. The smallest absolute Gasteiger partial charge is 0.329 e. The standard InChI is InChI=1S/C43H47F4N9O6S/c1-4-54(2)63(60,61)53-32-8-7-29(44)39(38(32)47)62-35-19-26-33(49-21-50-41(26)58)17-25(35)28-20-43(10-12-48-13-11-43)37(28)23-6-5-22(15-30(23)45)24-18-34-27(16-31(24)46)40(52-55(34)3)56-14-9-36(57)51-42(56)59/h7-8,16-19,21-23,28,30,37,48,53H,4-6,9-15,20H2,1-3H3,(H,49,50,58)(H,51,57,59). The number of alkyl halides is 1. The van der Waals surface area contributed by atoms with Gasteiger partial charge in [-0.3, -0.25) is 29.2 Å². The van der Waals surface area contributed by atoms with E-state index in [2.05, 4.69) is 30.4 Å². The maximum atomic E-state index is 17.2. The van der Waals surface area contributed by atoms with Crippen molar-refractivity contribution >= 4 is 55.5 Å². The Kier molecular flexibility index (Phi) is 11.0. The molecule has 4 heterocycles. The average Bonchev–Trinajstić information content (AvgIpc) is 3.56. The average molecular weight is 894 g/mol. The van der Waals surface area contributed by atoms with E-state index in [0.717, 1.165) is 29.3 Å². The molecule has 2 saturated carbocycles. The molecule has 4 aliphatic rings. The topological polar surface area (TPSA) is 184 Å². The van der Waals surface area contributed by atoms with Crippen molar-refractivity contribution in [2.75, 3.05) is 42.8 Å². The number of urea groups is 1. The molecule has 3 amide bonds. The van der Waals surface area contributed by atoms with E-state index in [0.29, 0.717) is 59.9 Å². The molecule has 15 nitrogen and oxygen atoms in total. The van der Waals surface area contributed by atoms with Gasteiger partial charge in [0.15, 0.2) is 17.5 Å². The molecule has 2 aliphatic carbocycles. The lowest BCUT2D eigenvalue weighted by Gasteiger charge is -2.61. The Morgan fingerprint density at radius 2 is 1.79 bits per heavy atom. The Hall–Kier alpha value is -5.60. The van der Waals surface area contributed by atoms with E-state index >= 15 is 17.6 Å². The van der Waals surface area contributed by atoms with Crippen LogP contribution in [0.5, 0.6) is 11.5 Å². The lowest BCUT2D eigenvalue weighted by molar-refractivity contribution is -0.120. The van der Waals surface area contributed by atoms with E-state index in [4.69, 9.17) is 4.74 Å². The number of amides is 3. The summed E-state index contributed by atoms with van der Waals surface area (Å²) < 4.78 is 101. The second kappa shape index (κ2) is 16.2. The number of hydrogen-bond donors (Lipinski definition) is 4. The number of carbonyl (C=O) groups is 2.